The van der Waals surface area contributed by atoms with Gasteiger partial charge in [-0.05, 0) is 65.7 Å². The minimum Gasteiger partial charge on any atom is -0.460 e. The van der Waals surface area contributed by atoms with E-state index in [4.69, 9.17) is 4.74 Å². The zero-order valence-electron chi connectivity index (χ0n) is 22.2. The Kier molecular flexibility index (Phi) is 9.55. The van der Waals surface area contributed by atoms with Crippen molar-refractivity contribution < 1.29 is 37.1 Å². The van der Waals surface area contributed by atoms with E-state index in [1.165, 1.54) is 4.90 Å². The Morgan fingerprint density at radius 3 is 2.45 bits per heavy atom. The minimum absolute atomic E-state index is 0.0475. The predicted octanol–water partition coefficient (Wildman–Crippen LogP) is 0.417. The molecule has 3 aliphatic rings. The van der Waals surface area contributed by atoms with Crippen LogP contribution in [0.2, 0.25) is 0 Å². The van der Waals surface area contributed by atoms with Crippen LogP contribution in [-0.2, 0) is 38.7 Å². The average Bonchev–Trinajstić information content (AvgIpc) is 3.55. The maximum absolute atomic E-state index is 13.5. The van der Waals surface area contributed by atoms with Gasteiger partial charge in [-0.1, -0.05) is 12.2 Å². The Balaban J connectivity index is 1.81. The summed E-state index contributed by atoms with van der Waals surface area (Å²) in [6.45, 7) is 5.31. The molecule has 0 aromatic heterocycles. The Bertz CT molecular complexity index is 1080. The van der Waals surface area contributed by atoms with Crippen LogP contribution in [0.3, 0.4) is 0 Å². The number of ether oxygens (including phenoxy) is 1. The highest BCUT2D eigenvalue weighted by Crippen LogP contribution is 2.27. The molecule has 1 aliphatic carbocycles. The van der Waals surface area contributed by atoms with Crippen LogP contribution in [0.5, 0.6) is 0 Å². The van der Waals surface area contributed by atoms with E-state index in [0.29, 0.717) is 38.5 Å². The zero-order chi connectivity index (χ0) is 28.1. The lowest BCUT2D eigenvalue weighted by atomic mass is 10.1. The summed E-state index contributed by atoms with van der Waals surface area (Å²) >= 11 is 0. The van der Waals surface area contributed by atoms with Crippen LogP contribution in [0, 0.1) is 0 Å². The fourth-order valence-electron chi connectivity index (χ4n) is 4.42. The van der Waals surface area contributed by atoms with Gasteiger partial charge in [-0.25, -0.2) is 8.42 Å². The first-order chi connectivity index (χ1) is 17.8. The molecule has 0 bridgehead atoms. The number of carbonyl (C=O) groups is 5. The van der Waals surface area contributed by atoms with Gasteiger partial charge in [-0.15, -0.1) is 0 Å². The summed E-state index contributed by atoms with van der Waals surface area (Å²) in [6.07, 6.45) is 5.88. The molecular weight excluding hydrogens is 516 g/mol. The van der Waals surface area contributed by atoms with Gasteiger partial charge in [0.1, 0.15) is 23.7 Å². The second-order valence-corrected chi connectivity index (χ2v) is 12.9. The molecule has 1 saturated carbocycles. The molecule has 4 amide bonds. The topological polar surface area (TPSA) is 168 Å². The number of nitrogens with zero attached hydrogens (tertiary/aromatic N) is 1. The molecule has 3 unspecified atom stereocenters. The largest absolute Gasteiger partial charge is 0.460 e. The van der Waals surface area contributed by atoms with Crippen molar-refractivity contribution in [3.63, 3.8) is 0 Å². The number of sulfonamides is 1. The second kappa shape index (κ2) is 12.3. The van der Waals surface area contributed by atoms with Crippen molar-refractivity contribution in [3.05, 3.63) is 12.2 Å². The molecule has 0 radical (unpaired) electrons. The molecule has 212 valence electrons. The third-order valence-electron chi connectivity index (χ3n) is 6.41. The lowest BCUT2D eigenvalue weighted by molar-refractivity contribution is -0.157. The van der Waals surface area contributed by atoms with Crippen molar-refractivity contribution in [1.82, 2.24) is 20.3 Å². The van der Waals surface area contributed by atoms with Crippen LogP contribution in [0.4, 0.5) is 0 Å². The second-order valence-electron chi connectivity index (χ2n) is 11.0. The quantitative estimate of drug-likeness (QED) is 0.324. The van der Waals surface area contributed by atoms with Gasteiger partial charge in [-0.2, -0.15) is 0 Å². The van der Waals surface area contributed by atoms with Gasteiger partial charge in [0.15, 0.2) is 0 Å². The number of esters is 1. The molecule has 3 rings (SSSR count). The summed E-state index contributed by atoms with van der Waals surface area (Å²) in [7, 11) is -3.81. The van der Waals surface area contributed by atoms with E-state index in [0.717, 1.165) is 0 Å². The number of rotatable bonds is 5. The van der Waals surface area contributed by atoms with Crippen LogP contribution < -0.4 is 15.4 Å². The summed E-state index contributed by atoms with van der Waals surface area (Å²) in [6, 6.07) is -3.31. The Labute approximate surface area is 223 Å². The fourth-order valence-corrected chi connectivity index (χ4v) is 5.77. The van der Waals surface area contributed by atoms with E-state index in [1.54, 1.807) is 32.9 Å². The fraction of sp³-hybridized carbons (Fsp3) is 0.720. The summed E-state index contributed by atoms with van der Waals surface area (Å²) in [5, 5.41) is 4.65. The average molecular weight is 555 g/mol. The van der Waals surface area contributed by atoms with Crippen LogP contribution in [0.1, 0.15) is 78.6 Å². The number of fused-ring (bicyclic) bond motifs is 1. The van der Waals surface area contributed by atoms with Gasteiger partial charge in [0.2, 0.25) is 27.7 Å². The van der Waals surface area contributed by atoms with Crippen LogP contribution >= 0.6 is 0 Å². The molecule has 2 aliphatic heterocycles. The van der Waals surface area contributed by atoms with E-state index >= 15 is 0 Å². The van der Waals surface area contributed by atoms with Crippen molar-refractivity contribution in [1.29, 1.82) is 0 Å². The Morgan fingerprint density at radius 2 is 1.79 bits per heavy atom. The number of allylic oxidation sites excluding steroid dienone is 1. The smallest absolute Gasteiger partial charge is 0.308 e. The van der Waals surface area contributed by atoms with Crippen molar-refractivity contribution >= 4 is 39.6 Å². The monoisotopic (exact) mass is 554 g/mol. The summed E-state index contributed by atoms with van der Waals surface area (Å²) < 4.78 is 32.0. The Morgan fingerprint density at radius 1 is 1.08 bits per heavy atom. The Hall–Kier alpha value is -2.96. The standard InChI is InChI=1S/C25H38N4O8S/c1-25(2,3)37-21(31)15-18-24(34)29-14-8-10-19(29)23(33)27-17(9-6-4-5-7-11-20(30)26-18)22(32)28-38(35,36)16-12-13-16/h4,6,16-19H,5,7-15H2,1-3H3,(H,26,30)(H,27,33)(H,28,32). The minimum atomic E-state index is -3.81. The lowest BCUT2D eigenvalue weighted by Crippen LogP contribution is -2.57. The van der Waals surface area contributed by atoms with Gasteiger partial charge in [0.05, 0.1) is 11.7 Å². The highest BCUT2D eigenvalue weighted by molar-refractivity contribution is 7.90. The maximum atomic E-state index is 13.5. The van der Waals surface area contributed by atoms with E-state index in [1.807, 2.05) is 0 Å². The first kappa shape index (κ1) is 29.6. The van der Waals surface area contributed by atoms with Gasteiger partial charge >= 0.3 is 5.97 Å². The molecule has 0 aromatic carbocycles. The van der Waals surface area contributed by atoms with Crippen molar-refractivity contribution in [2.75, 3.05) is 6.54 Å². The van der Waals surface area contributed by atoms with Gasteiger partial charge < -0.3 is 20.3 Å². The van der Waals surface area contributed by atoms with E-state index in [-0.39, 0.29) is 19.4 Å². The van der Waals surface area contributed by atoms with Crippen molar-refractivity contribution in [2.24, 2.45) is 0 Å². The summed E-state index contributed by atoms with van der Waals surface area (Å²) in [5.41, 5.74) is -0.783. The molecule has 38 heavy (non-hydrogen) atoms. The number of carbonyl (C=O) groups excluding carboxylic acids is 5. The molecule has 2 heterocycles. The highest BCUT2D eigenvalue weighted by Gasteiger charge is 2.41. The van der Waals surface area contributed by atoms with Crippen LogP contribution in [0.25, 0.3) is 0 Å². The third-order valence-corrected chi connectivity index (χ3v) is 8.25. The SMILES string of the molecule is CC(C)(C)OC(=O)CC1NC(=O)CCCC=CCC(C(=O)NS(=O)(=O)C2CC2)NC(=O)C2CCCN2C1=O. The van der Waals surface area contributed by atoms with Gasteiger partial charge in [-0.3, -0.25) is 28.7 Å². The molecule has 12 nitrogen and oxygen atoms in total. The highest BCUT2D eigenvalue weighted by atomic mass is 32.2. The molecule has 3 N–H and O–H groups in total. The molecule has 1 saturated heterocycles. The summed E-state index contributed by atoms with van der Waals surface area (Å²) in [5.74, 6) is -3.10. The molecule has 13 heteroatoms. The van der Waals surface area contributed by atoms with E-state index in [9.17, 15) is 32.4 Å². The van der Waals surface area contributed by atoms with Crippen LogP contribution in [0.15, 0.2) is 12.2 Å². The molecular formula is C25H38N4O8S. The molecule has 2 fully saturated rings. The number of nitrogens with one attached hydrogen (secondary N) is 3. The number of amides is 4. The zero-order valence-corrected chi connectivity index (χ0v) is 23.0. The summed E-state index contributed by atoms with van der Waals surface area (Å²) in [4.78, 5) is 66.0. The number of hydrogen-bond donors (Lipinski definition) is 3. The van der Waals surface area contributed by atoms with Crippen molar-refractivity contribution in [2.45, 2.75) is 108 Å². The van der Waals surface area contributed by atoms with Crippen LogP contribution in [-0.4, -0.2) is 78.4 Å². The molecule has 3 atom stereocenters. The first-order valence-corrected chi connectivity index (χ1v) is 14.6. The predicted molar refractivity (Wildman–Crippen MR) is 137 cm³/mol. The maximum Gasteiger partial charge on any atom is 0.308 e. The normalized spacial score (nSPS) is 25.9. The first-order valence-electron chi connectivity index (χ1n) is 13.1. The van der Waals surface area contributed by atoms with Gasteiger partial charge in [0.25, 0.3) is 5.91 Å². The lowest BCUT2D eigenvalue weighted by Gasteiger charge is -2.30. The van der Waals surface area contributed by atoms with E-state index in [2.05, 4.69) is 15.4 Å². The molecule has 0 aromatic rings. The molecule has 0 spiro atoms. The van der Waals surface area contributed by atoms with E-state index < -0.39 is 75.0 Å². The third kappa shape index (κ3) is 8.53. The van der Waals surface area contributed by atoms with Gasteiger partial charge in [0, 0.05) is 13.0 Å². The van der Waals surface area contributed by atoms with Crippen molar-refractivity contribution in [3.8, 4) is 0 Å². The number of hydrogen-bond acceptors (Lipinski definition) is 8.